The van der Waals surface area contributed by atoms with E-state index in [4.69, 9.17) is 17.3 Å². The fourth-order valence-corrected chi connectivity index (χ4v) is 2.18. The van der Waals surface area contributed by atoms with E-state index in [0.717, 1.165) is 4.47 Å². The van der Waals surface area contributed by atoms with E-state index in [1.54, 1.807) is 22.9 Å². The molecule has 0 unspecified atom stereocenters. The second-order valence-corrected chi connectivity index (χ2v) is 5.13. The Kier molecular flexibility index (Phi) is 4.11. The summed E-state index contributed by atoms with van der Waals surface area (Å²) in [4.78, 5) is 12.2. The molecule has 5 nitrogen and oxygen atoms in total. The first-order chi connectivity index (χ1) is 9.02. The van der Waals surface area contributed by atoms with Crippen LogP contribution in [-0.4, -0.2) is 15.7 Å². The highest BCUT2D eigenvalue weighted by Crippen LogP contribution is 2.26. The Labute approximate surface area is 123 Å². The summed E-state index contributed by atoms with van der Waals surface area (Å²) in [7, 11) is 0. The smallest absolute Gasteiger partial charge is 0.276 e. The maximum Gasteiger partial charge on any atom is 0.276 e. The number of carbonyl (C=O) groups is 1. The van der Waals surface area contributed by atoms with Crippen molar-refractivity contribution in [1.82, 2.24) is 9.78 Å². The highest BCUT2D eigenvalue weighted by atomic mass is 79.9. The van der Waals surface area contributed by atoms with Crippen molar-refractivity contribution >= 4 is 44.8 Å². The monoisotopic (exact) mass is 342 g/mol. The van der Waals surface area contributed by atoms with Crippen LogP contribution in [0.4, 0.5) is 11.4 Å². The number of anilines is 2. The lowest BCUT2D eigenvalue weighted by molar-refractivity contribution is 0.101. The average molecular weight is 344 g/mol. The molecule has 0 atom stereocenters. The van der Waals surface area contributed by atoms with E-state index in [9.17, 15) is 4.79 Å². The van der Waals surface area contributed by atoms with Gasteiger partial charge in [-0.1, -0.05) is 11.6 Å². The molecule has 1 aromatic heterocycles. The van der Waals surface area contributed by atoms with Crippen molar-refractivity contribution in [1.29, 1.82) is 0 Å². The first-order valence-electron chi connectivity index (χ1n) is 5.60. The topological polar surface area (TPSA) is 72.9 Å². The van der Waals surface area contributed by atoms with Gasteiger partial charge in [-0.2, -0.15) is 5.10 Å². The SMILES string of the molecule is CCn1ncc(N)c1C(=O)Nc1cc(Cl)ccc1Br. The lowest BCUT2D eigenvalue weighted by Gasteiger charge is -2.09. The molecule has 1 aromatic carbocycles. The largest absolute Gasteiger partial charge is 0.396 e. The number of nitrogens with one attached hydrogen (secondary N) is 1. The zero-order valence-electron chi connectivity index (χ0n) is 10.2. The van der Waals surface area contributed by atoms with Crippen LogP contribution in [0.3, 0.4) is 0 Å². The third-order valence-electron chi connectivity index (χ3n) is 2.56. The number of aryl methyl sites for hydroxylation is 1. The van der Waals surface area contributed by atoms with Gasteiger partial charge >= 0.3 is 0 Å². The van der Waals surface area contributed by atoms with Crippen molar-refractivity contribution in [2.45, 2.75) is 13.5 Å². The fourth-order valence-electron chi connectivity index (χ4n) is 1.66. The second-order valence-electron chi connectivity index (χ2n) is 3.84. The normalized spacial score (nSPS) is 10.5. The van der Waals surface area contributed by atoms with E-state index >= 15 is 0 Å². The molecule has 0 saturated heterocycles. The van der Waals surface area contributed by atoms with Crippen LogP contribution >= 0.6 is 27.5 Å². The third-order valence-corrected chi connectivity index (χ3v) is 3.49. The summed E-state index contributed by atoms with van der Waals surface area (Å²) in [5.74, 6) is -0.320. The van der Waals surface area contributed by atoms with E-state index in [0.29, 0.717) is 28.6 Å². The molecule has 19 heavy (non-hydrogen) atoms. The number of halogens is 2. The number of carbonyl (C=O) groups excluding carboxylic acids is 1. The van der Waals surface area contributed by atoms with Crippen LogP contribution in [0.1, 0.15) is 17.4 Å². The van der Waals surface area contributed by atoms with Crippen molar-refractivity contribution in [3.63, 3.8) is 0 Å². The zero-order chi connectivity index (χ0) is 14.0. The van der Waals surface area contributed by atoms with Crippen LogP contribution in [0.15, 0.2) is 28.9 Å². The molecule has 1 heterocycles. The van der Waals surface area contributed by atoms with Gasteiger partial charge < -0.3 is 11.1 Å². The van der Waals surface area contributed by atoms with Gasteiger partial charge in [-0.25, -0.2) is 0 Å². The molecular formula is C12H12BrClN4O. The summed E-state index contributed by atoms with van der Waals surface area (Å²) < 4.78 is 2.29. The predicted octanol–water partition coefficient (Wildman–Crippen LogP) is 3.15. The number of hydrogen-bond donors (Lipinski definition) is 2. The molecule has 3 N–H and O–H groups in total. The van der Waals surface area contributed by atoms with Crippen LogP contribution in [0.2, 0.25) is 5.02 Å². The lowest BCUT2D eigenvalue weighted by atomic mass is 10.3. The lowest BCUT2D eigenvalue weighted by Crippen LogP contribution is -2.19. The van der Waals surface area contributed by atoms with E-state index in [1.165, 1.54) is 6.20 Å². The highest BCUT2D eigenvalue weighted by molar-refractivity contribution is 9.10. The molecule has 0 fully saturated rings. The van der Waals surface area contributed by atoms with Crippen LogP contribution in [0.5, 0.6) is 0 Å². The van der Waals surface area contributed by atoms with Crippen LogP contribution in [-0.2, 0) is 6.54 Å². The van der Waals surface area contributed by atoms with Crippen molar-refractivity contribution in [2.75, 3.05) is 11.1 Å². The zero-order valence-corrected chi connectivity index (χ0v) is 12.5. The van der Waals surface area contributed by atoms with Gasteiger partial charge in [0.05, 0.1) is 17.6 Å². The molecule has 0 spiro atoms. The quantitative estimate of drug-likeness (QED) is 0.899. The highest BCUT2D eigenvalue weighted by Gasteiger charge is 2.17. The Balaban J connectivity index is 2.30. The molecule has 0 bridgehead atoms. The Bertz CT molecular complexity index is 626. The number of aromatic nitrogens is 2. The fraction of sp³-hybridized carbons (Fsp3) is 0.167. The molecule has 0 saturated carbocycles. The summed E-state index contributed by atoms with van der Waals surface area (Å²) in [5, 5.41) is 7.33. The maximum absolute atomic E-state index is 12.2. The molecule has 1 amide bonds. The van der Waals surface area contributed by atoms with Gasteiger partial charge in [0.2, 0.25) is 0 Å². The summed E-state index contributed by atoms with van der Waals surface area (Å²) in [6.45, 7) is 2.45. The summed E-state index contributed by atoms with van der Waals surface area (Å²) >= 11 is 9.25. The Morgan fingerprint density at radius 2 is 2.32 bits per heavy atom. The van der Waals surface area contributed by atoms with Gasteiger partial charge in [0, 0.05) is 16.0 Å². The standard InChI is InChI=1S/C12H12BrClN4O/c1-2-18-11(9(15)6-16-18)12(19)17-10-5-7(14)3-4-8(10)13/h3-6H,2,15H2,1H3,(H,17,19). The second kappa shape index (κ2) is 5.63. The van der Waals surface area contributed by atoms with Gasteiger partial charge in [0.25, 0.3) is 5.91 Å². The Morgan fingerprint density at radius 3 is 3.00 bits per heavy atom. The molecule has 0 aliphatic rings. The van der Waals surface area contributed by atoms with Gasteiger partial charge in [-0.15, -0.1) is 0 Å². The number of rotatable bonds is 3. The summed E-state index contributed by atoms with van der Waals surface area (Å²) in [6.07, 6.45) is 1.46. The van der Waals surface area contributed by atoms with Crippen molar-refractivity contribution < 1.29 is 4.79 Å². The van der Waals surface area contributed by atoms with Crippen LogP contribution < -0.4 is 11.1 Å². The minimum Gasteiger partial charge on any atom is -0.396 e. The van der Waals surface area contributed by atoms with Crippen molar-refractivity contribution in [3.05, 3.63) is 39.6 Å². The molecule has 2 aromatic rings. The summed E-state index contributed by atoms with van der Waals surface area (Å²) in [6, 6.07) is 5.15. The molecular weight excluding hydrogens is 332 g/mol. The number of nitrogens with zero attached hydrogens (tertiary/aromatic N) is 2. The van der Waals surface area contributed by atoms with Crippen LogP contribution in [0, 0.1) is 0 Å². The maximum atomic E-state index is 12.2. The Morgan fingerprint density at radius 1 is 1.58 bits per heavy atom. The molecule has 0 aliphatic heterocycles. The van der Waals surface area contributed by atoms with Crippen molar-refractivity contribution in [3.8, 4) is 0 Å². The van der Waals surface area contributed by atoms with E-state index in [-0.39, 0.29) is 5.91 Å². The number of amides is 1. The van der Waals surface area contributed by atoms with Crippen molar-refractivity contribution in [2.24, 2.45) is 0 Å². The molecule has 0 aliphatic carbocycles. The van der Waals surface area contributed by atoms with E-state index in [1.807, 2.05) is 6.92 Å². The number of nitrogen functional groups attached to an aromatic ring is 1. The van der Waals surface area contributed by atoms with Gasteiger partial charge in [0.15, 0.2) is 0 Å². The molecule has 0 radical (unpaired) electrons. The first kappa shape index (κ1) is 13.9. The number of hydrogen-bond acceptors (Lipinski definition) is 3. The van der Waals surface area contributed by atoms with E-state index < -0.39 is 0 Å². The molecule has 100 valence electrons. The molecule has 7 heteroatoms. The van der Waals surface area contributed by atoms with Gasteiger partial charge in [0.1, 0.15) is 5.69 Å². The van der Waals surface area contributed by atoms with Gasteiger partial charge in [-0.05, 0) is 41.1 Å². The van der Waals surface area contributed by atoms with Gasteiger partial charge in [-0.3, -0.25) is 9.48 Å². The first-order valence-corrected chi connectivity index (χ1v) is 6.77. The minimum absolute atomic E-state index is 0.320. The average Bonchev–Trinajstić information content (AvgIpc) is 2.75. The van der Waals surface area contributed by atoms with Crippen LogP contribution in [0.25, 0.3) is 0 Å². The number of benzene rings is 1. The molecule has 2 rings (SSSR count). The van der Waals surface area contributed by atoms with E-state index in [2.05, 4.69) is 26.3 Å². The predicted molar refractivity (Wildman–Crippen MR) is 79.4 cm³/mol. The Hall–Kier alpha value is -1.53. The minimum atomic E-state index is -0.320. The summed E-state index contributed by atoms with van der Waals surface area (Å²) in [5.41, 5.74) is 7.03. The third kappa shape index (κ3) is 2.90. The number of nitrogens with two attached hydrogens (primary N) is 1.